The summed E-state index contributed by atoms with van der Waals surface area (Å²) in [5.74, 6) is 1.48. The highest BCUT2D eigenvalue weighted by atomic mass is 14.4. The molecule has 70 valence electrons. The molecule has 1 fully saturated rings. The topological polar surface area (TPSA) is 23.8 Å². The van der Waals surface area contributed by atoms with Crippen molar-refractivity contribution in [3.63, 3.8) is 0 Å². The van der Waals surface area contributed by atoms with Crippen LogP contribution >= 0.6 is 0 Å². The summed E-state index contributed by atoms with van der Waals surface area (Å²) in [6, 6.07) is 11.2. The van der Waals surface area contributed by atoms with E-state index in [2.05, 4.69) is 30.3 Å². The van der Waals surface area contributed by atoms with Crippen LogP contribution in [-0.4, -0.2) is 0 Å². The first-order valence-corrected chi connectivity index (χ1v) is 5.38. The molecule has 1 nitrogen and oxygen atoms in total. The van der Waals surface area contributed by atoms with Crippen molar-refractivity contribution in [3.8, 4) is 6.07 Å². The van der Waals surface area contributed by atoms with Gasteiger partial charge in [0.05, 0.1) is 12.0 Å². The Morgan fingerprint density at radius 1 is 1.14 bits per heavy atom. The SMILES string of the molecule is N#C[C@@H]1C[C@H]2CC[C@@H]1c1ccccc12. The number of benzene rings is 1. The van der Waals surface area contributed by atoms with E-state index in [1.807, 2.05) is 0 Å². The van der Waals surface area contributed by atoms with Gasteiger partial charge in [-0.1, -0.05) is 24.3 Å². The summed E-state index contributed by atoms with van der Waals surface area (Å²) in [6.45, 7) is 0. The number of rotatable bonds is 0. The Balaban J connectivity index is 2.14. The van der Waals surface area contributed by atoms with Gasteiger partial charge in [0.25, 0.3) is 0 Å². The average Bonchev–Trinajstić information content (AvgIpc) is 2.30. The maximum atomic E-state index is 9.09. The fourth-order valence-corrected chi connectivity index (χ4v) is 3.19. The van der Waals surface area contributed by atoms with Crippen LogP contribution in [0.2, 0.25) is 0 Å². The van der Waals surface area contributed by atoms with Crippen LogP contribution in [-0.2, 0) is 0 Å². The van der Waals surface area contributed by atoms with E-state index >= 15 is 0 Å². The van der Waals surface area contributed by atoms with E-state index in [9.17, 15) is 0 Å². The van der Waals surface area contributed by atoms with Crippen molar-refractivity contribution in [1.29, 1.82) is 5.26 Å². The maximum absolute atomic E-state index is 9.09. The lowest BCUT2D eigenvalue weighted by Gasteiger charge is -2.41. The van der Waals surface area contributed by atoms with Gasteiger partial charge in [0.1, 0.15) is 0 Å². The molecule has 0 unspecified atom stereocenters. The molecule has 1 heteroatoms. The Bertz CT molecular complexity index is 402. The van der Waals surface area contributed by atoms with Crippen molar-refractivity contribution in [1.82, 2.24) is 0 Å². The molecule has 3 atom stereocenters. The van der Waals surface area contributed by atoms with Gasteiger partial charge in [0.15, 0.2) is 0 Å². The predicted octanol–water partition coefficient (Wildman–Crippen LogP) is 3.19. The second-order valence-electron chi connectivity index (χ2n) is 4.48. The van der Waals surface area contributed by atoms with Crippen molar-refractivity contribution in [2.24, 2.45) is 5.92 Å². The van der Waals surface area contributed by atoms with Crippen LogP contribution in [0.1, 0.15) is 42.2 Å². The van der Waals surface area contributed by atoms with Crippen LogP contribution in [0.15, 0.2) is 24.3 Å². The van der Waals surface area contributed by atoms with Crippen molar-refractivity contribution < 1.29 is 0 Å². The highest BCUT2D eigenvalue weighted by Gasteiger charge is 2.39. The van der Waals surface area contributed by atoms with Gasteiger partial charge < -0.3 is 0 Å². The lowest BCUT2D eigenvalue weighted by atomic mass is 9.62. The Kier molecular flexibility index (Phi) is 1.64. The molecule has 0 amide bonds. The molecule has 14 heavy (non-hydrogen) atoms. The molecule has 0 radical (unpaired) electrons. The van der Waals surface area contributed by atoms with E-state index < -0.39 is 0 Å². The summed E-state index contributed by atoms with van der Waals surface area (Å²) in [5.41, 5.74) is 2.98. The van der Waals surface area contributed by atoms with E-state index in [0.29, 0.717) is 11.8 Å². The van der Waals surface area contributed by atoms with E-state index in [0.717, 1.165) is 6.42 Å². The van der Waals surface area contributed by atoms with Crippen LogP contribution in [0.3, 0.4) is 0 Å². The van der Waals surface area contributed by atoms with Gasteiger partial charge in [0.2, 0.25) is 0 Å². The minimum absolute atomic E-state index is 0.281. The van der Waals surface area contributed by atoms with Crippen LogP contribution in [0.25, 0.3) is 0 Å². The van der Waals surface area contributed by atoms with E-state index in [1.165, 1.54) is 24.0 Å². The molecular formula is C13H13N. The molecule has 1 saturated carbocycles. The van der Waals surface area contributed by atoms with E-state index in [4.69, 9.17) is 5.26 Å². The van der Waals surface area contributed by atoms with Crippen LogP contribution in [0.5, 0.6) is 0 Å². The molecular weight excluding hydrogens is 170 g/mol. The molecule has 0 saturated heterocycles. The number of hydrogen-bond acceptors (Lipinski definition) is 1. The maximum Gasteiger partial charge on any atom is 0.0662 e. The number of nitriles is 1. The molecule has 3 aliphatic rings. The minimum atomic E-state index is 0.281. The Hall–Kier alpha value is -1.29. The smallest absolute Gasteiger partial charge is 0.0662 e. The summed E-state index contributed by atoms with van der Waals surface area (Å²) in [6.07, 6.45) is 3.61. The van der Waals surface area contributed by atoms with Crippen molar-refractivity contribution in [2.45, 2.75) is 31.1 Å². The van der Waals surface area contributed by atoms with Gasteiger partial charge in [0, 0.05) is 5.92 Å². The number of fused-ring (bicyclic) bond motifs is 2. The third kappa shape index (κ3) is 0.944. The zero-order valence-electron chi connectivity index (χ0n) is 8.11. The van der Waals surface area contributed by atoms with Gasteiger partial charge in [-0.25, -0.2) is 0 Å². The van der Waals surface area contributed by atoms with Crippen LogP contribution in [0, 0.1) is 17.2 Å². The van der Waals surface area contributed by atoms with E-state index in [-0.39, 0.29) is 5.92 Å². The second-order valence-corrected chi connectivity index (χ2v) is 4.48. The molecule has 0 N–H and O–H groups in total. The molecule has 0 aliphatic heterocycles. The first kappa shape index (κ1) is 8.05. The molecule has 2 bridgehead atoms. The summed E-state index contributed by atoms with van der Waals surface area (Å²) in [7, 11) is 0. The minimum Gasteiger partial charge on any atom is -0.198 e. The third-order valence-electron chi connectivity index (χ3n) is 3.85. The molecule has 1 aromatic rings. The number of nitrogens with zero attached hydrogens (tertiary/aromatic N) is 1. The van der Waals surface area contributed by atoms with Crippen molar-refractivity contribution >= 4 is 0 Å². The normalized spacial score (nSPS) is 33.5. The van der Waals surface area contributed by atoms with Gasteiger partial charge in [-0.15, -0.1) is 0 Å². The Morgan fingerprint density at radius 2 is 1.93 bits per heavy atom. The fourth-order valence-electron chi connectivity index (χ4n) is 3.19. The fraction of sp³-hybridized carbons (Fsp3) is 0.462. The molecule has 4 rings (SSSR count). The summed E-state index contributed by atoms with van der Waals surface area (Å²) in [4.78, 5) is 0. The monoisotopic (exact) mass is 183 g/mol. The highest BCUT2D eigenvalue weighted by Crippen LogP contribution is 2.51. The number of hydrogen-bond donors (Lipinski definition) is 0. The molecule has 0 heterocycles. The van der Waals surface area contributed by atoms with Gasteiger partial charge in [-0.3, -0.25) is 0 Å². The first-order valence-electron chi connectivity index (χ1n) is 5.38. The van der Waals surface area contributed by atoms with Crippen LogP contribution < -0.4 is 0 Å². The molecule has 0 spiro atoms. The molecule has 1 aromatic carbocycles. The van der Waals surface area contributed by atoms with Gasteiger partial charge in [-0.2, -0.15) is 5.26 Å². The first-order chi connectivity index (χ1) is 6.90. The standard InChI is InChI=1S/C13H13N/c14-8-10-7-9-5-6-12(10)13-4-2-1-3-11(9)13/h1-4,9-10,12H,5-7H2/t9-,10+,12+/m1/s1. The Morgan fingerprint density at radius 3 is 2.71 bits per heavy atom. The zero-order valence-corrected chi connectivity index (χ0v) is 8.11. The summed E-state index contributed by atoms with van der Waals surface area (Å²) < 4.78 is 0. The van der Waals surface area contributed by atoms with Crippen LogP contribution in [0.4, 0.5) is 0 Å². The predicted molar refractivity (Wildman–Crippen MR) is 54.9 cm³/mol. The second kappa shape index (κ2) is 2.85. The molecule has 0 aromatic heterocycles. The Labute approximate surface area is 84.4 Å². The average molecular weight is 183 g/mol. The third-order valence-corrected chi connectivity index (χ3v) is 3.85. The van der Waals surface area contributed by atoms with Gasteiger partial charge >= 0.3 is 0 Å². The molecule has 3 aliphatic carbocycles. The van der Waals surface area contributed by atoms with Gasteiger partial charge in [-0.05, 0) is 36.3 Å². The van der Waals surface area contributed by atoms with Crippen molar-refractivity contribution in [3.05, 3.63) is 35.4 Å². The summed E-state index contributed by atoms with van der Waals surface area (Å²) >= 11 is 0. The van der Waals surface area contributed by atoms with E-state index in [1.54, 1.807) is 0 Å². The quantitative estimate of drug-likeness (QED) is 0.606. The zero-order chi connectivity index (χ0) is 9.54. The highest BCUT2D eigenvalue weighted by molar-refractivity contribution is 5.40. The lowest BCUT2D eigenvalue weighted by molar-refractivity contribution is 0.298. The summed E-state index contributed by atoms with van der Waals surface area (Å²) in [5, 5.41) is 9.09. The van der Waals surface area contributed by atoms with Crippen molar-refractivity contribution in [2.75, 3.05) is 0 Å². The lowest BCUT2D eigenvalue weighted by Crippen LogP contribution is -2.28. The largest absolute Gasteiger partial charge is 0.198 e.